The maximum atomic E-state index is 5.55. The Morgan fingerprint density at radius 1 is 1.28 bits per heavy atom. The monoisotopic (exact) mass is 354 g/mol. The zero-order valence-corrected chi connectivity index (χ0v) is 15.5. The summed E-state index contributed by atoms with van der Waals surface area (Å²) in [5.74, 6) is 1.48. The maximum absolute atomic E-state index is 5.55. The van der Waals surface area contributed by atoms with E-state index in [-0.39, 0.29) is 0 Å². The molecule has 0 aliphatic rings. The van der Waals surface area contributed by atoms with Crippen LogP contribution in [0.15, 0.2) is 57.5 Å². The fourth-order valence-electron chi connectivity index (χ4n) is 2.50. The molecular formula is C19H22N4OS. The summed E-state index contributed by atoms with van der Waals surface area (Å²) in [6.45, 7) is 3.45. The summed E-state index contributed by atoms with van der Waals surface area (Å²) >= 11 is 1.62. The van der Waals surface area contributed by atoms with Gasteiger partial charge in [-0.3, -0.25) is 4.99 Å². The lowest BCUT2D eigenvalue weighted by Crippen LogP contribution is -2.38. The van der Waals surface area contributed by atoms with Gasteiger partial charge < -0.3 is 14.6 Å². The molecule has 0 radical (unpaired) electrons. The van der Waals surface area contributed by atoms with Crippen LogP contribution in [0.1, 0.15) is 16.8 Å². The second kappa shape index (κ2) is 7.98. The topological polar surface area (TPSA) is 53.7 Å². The SMILES string of the molecule is CN=C(NCc1coc(-c2cccs2)n1)N(C)Cc1ccc(C)cc1. The van der Waals surface area contributed by atoms with Gasteiger partial charge in [0.05, 0.1) is 17.1 Å². The Morgan fingerprint density at radius 3 is 2.76 bits per heavy atom. The zero-order chi connectivity index (χ0) is 17.6. The third-order valence-electron chi connectivity index (χ3n) is 3.83. The number of hydrogen-bond donors (Lipinski definition) is 1. The molecule has 3 aromatic rings. The van der Waals surface area contributed by atoms with Gasteiger partial charge >= 0.3 is 0 Å². The smallest absolute Gasteiger partial charge is 0.236 e. The van der Waals surface area contributed by atoms with E-state index in [2.05, 4.69) is 51.4 Å². The van der Waals surface area contributed by atoms with Gasteiger partial charge in [0, 0.05) is 20.6 Å². The number of nitrogens with one attached hydrogen (secondary N) is 1. The van der Waals surface area contributed by atoms with E-state index in [0.717, 1.165) is 23.1 Å². The molecule has 0 spiro atoms. The van der Waals surface area contributed by atoms with Crippen molar-refractivity contribution in [1.29, 1.82) is 0 Å². The first-order chi connectivity index (χ1) is 12.2. The van der Waals surface area contributed by atoms with Crippen molar-refractivity contribution in [2.45, 2.75) is 20.0 Å². The Balaban J connectivity index is 1.58. The van der Waals surface area contributed by atoms with Crippen LogP contribution in [0.5, 0.6) is 0 Å². The summed E-state index contributed by atoms with van der Waals surface area (Å²) in [4.78, 5) is 12.0. The number of oxazole rings is 1. The highest BCUT2D eigenvalue weighted by Gasteiger charge is 2.10. The number of aromatic nitrogens is 1. The lowest BCUT2D eigenvalue weighted by atomic mass is 10.1. The van der Waals surface area contributed by atoms with Gasteiger partial charge in [0.25, 0.3) is 0 Å². The number of hydrogen-bond acceptors (Lipinski definition) is 4. The minimum absolute atomic E-state index is 0.569. The van der Waals surface area contributed by atoms with E-state index < -0.39 is 0 Å². The minimum atomic E-state index is 0.569. The molecule has 2 heterocycles. The summed E-state index contributed by atoms with van der Waals surface area (Å²) in [6, 6.07) is 12.5. The number of aryl methyl sites for hydroxylation is 1. The predicted octanol–water partition coefficient (Wildman–Crippen LogP) is 3.92. The molecule has 0 aliphatic heterocycles. The lowest BCUT2D eigenvalue weighted by Gasteiger charge is -2.21. The van der Waals surface area contributed by atoms with E-state index in [1.807, 2.05) is 24.6 Å². The van der Waals surface area contributed by atoms with Gasteiger partial charge in [0.1, 0.15) is 6.26 Å². The fourth-order valence-corrected chi connectivity index (χ4v) is 3.15. The molecule has 0 saturated carbocycles. The Bertz CT molecular complexity index is 821. The van der Waals surface area contributed by atoms with Crippen LogP contribution in [0, 0.1) is 6.92 Å². The predicted molar refractivity (Wildman–Crippen MR) is 103 cm³/mol. The summed E-state index contributed by atoms with van der Waals surface area (Å²) in [5, 5.41) is 5.35. The van der Waals surface area contributed by atoms with Gasteiger partial charge in [-0.1, -0.05) is 35.9 Å². The number of aliphatic imine (C=N–C) groups is 1. The molecule has 0 amide bonds. The Kier molecular flexibility index (Phi) is 5.50. The number of thiophene rings is 1. The Labute approximate surface area is 152 Å². The molecule has 0 aliphatic carbocycles. The molecule has 25 heavy (non-hydrogen) atoms. The zero-order valence-electron chi connectivity index (χ0n) is 14.7. The van der Waals surface area contributed by atoms with Crippen LogP contribution in [0.2, 0.25) is 0 Å². The molecule has 0 unspecified atom stereocenters. The van der Waals surface area contributed by atoms with Crippen LogP contribution in [0.3, 0.4) is 0 Å². The molecule has 1 aromatic carbocycles. The van der Waals surface area contributed by atoms with E-state index >= 15 is 0 Å². The molecule has 2 aromatic heterocycles. The van der Waals surface area contributed by atoms with Crippen LogP contribution < -0.4 is 5.32 Å². The number of guanidine groups is 1. The molecule has 3 rings (SSSR count). The molecule has 1 N–H and O–H groups in total. The van der Waals surface area contributed by atoms with Gasteiger partial charge in [0.2, 0.25) is 5.89 Å². The first kappa shape index (κ1) is 17.2. The van der Waals surface area contributed by atoms with Crippen molar-refractivity contribution in [2.24, 2.45) is 4.99 Å². The normalized spacial score (nSPS) is 11.6. The van der Waals surface area contributed by atoms with E-state index in [4.69, 9.17) is 4.42 Å². The number of benzene rings is 1. The lowest BCUT2D eigenvalue weighted by molar-refractivity contribution is 0.476. The van der Waals surface area contributed by atoms with Gasteiger partial charge in [-0.25, -0.2) is 4.98 Å². The van der Waals surface area contributed by atoms with Crippen molar-refractivity contribution in [2.75, 3.05) is 14.1 Å². The quantitative estimate of drug-likeness (QED) is 0.557. The van der Waals surface area contributed by atoms with E-state index in [0.29, 0.717) is 12.4 Å². The minimum Gasteiger partial charge on any atom is -0.443 e. The van der Waals surface area contributed by atoms with E-state index in [1.165, 1.54) is 11.1 Å². The van der Waals surface area contributed by atoms with Crippen molar-refractivity contribution < 1.29 is 4.42 Å². The van der Waals surface area contributed by atoms with Crippen molar-refractivity contribution >= 4 is 17.3 Å². The van der Waals surface area contributed by atoms with Crippen molar-refractivity contribution in [3.05, 3.63) is 64.9 Å². The molecule has 6 heteroatoms. The van der Waals surface area contributed by atoms with Crippen LogP contribution in [-0.2, 0) is 13.1 Å². The highest BCUT2D eigenvalue weighted by molar-refractivity contribution is 7.13. The first-order valence-electron chi connectivity index (χ1n) is 8.11. The third-order valence-corrected chi connectivity index (χ3v) is 4.68. The van der Waals surface area contributed by atoms with Crippen LogP contribution in [0.4, 0.5) is 0 Å². The highest BCUT2D eigenvalue weighted by atomic mass is 32.1. The Morgan fingerprint density at radius 2 is 2.08 bits per heavy atom. The average Bonchev–Trinajstić information content (AvgIpc) is 3.28. The summed E-state index contributed by atoms with van der Waals surface area (Å²) < 4.78 is 5.55. The summed E-state index contributed by atoms with van der Waals surface area (Å²) in [7, 11) is 3.81. The molecule has 0 fully saturated rings. The van der Waals surface area contributed by atoms with Crippen LogP contribution >= 0.6 is 11.3 Å². The summed E-state index contributed by atoms with van der Waals surface area (Å²) in [5.41, 5.74) is 3.37. The molecule has 5 nitrogen and oxygen atoms in total. The maximum Gasteiger partial charge on any atom is 0.236 e. The van der Waals surface area contributed by atoms with E-state index in [9.17, 15) is 0 Å². The molecular weight excluding hydrogens is 332 g/mol. The highest BCUT2D eigenvalue weighted by Crippen LogP contribution is 2.23. The molecule has 0 atom stereocenters. The Hall–Kier alpha value is -2.60. The van der Waals surface area contributed by atoms with Crippen molar-refractivity contribution in [3.63, 3.8) is 0 Å². The average molecular weight is 354 g/mol. The molecule has 0 bridgehead atoms. The largest absolute Gasteiger partial charge is 0.443 e. The molecule has 0 saturated heterocycles. The van der Waals surface area contributed by atoms with Crippen molar-refractivity contribution in [1.82, 2.24) is 15.2 Å². The fraction of sp³-hybridized carbons (Fsp3) is 0.263. The first-order valence-corrected chi connectivity index (χ1v) is 8.99. The van der Waals surface area contributed by atoms with Crippen LogP contribution in [0.25, 0.3) is 10.8 Å². The third kappa shape index (κ3) is 4.48. The number of nitrogens with zero attached hydrogens (tertiary/aromatic N) is 3. The number of rotatable bonds is 5. The van der Waals surface area contributed by atoms with E-state index in [1.54, 1.807) is 24.6 Å². The second-order valence-corrected chi connectivity index (χ2v) is 6.81. The van der Waals surface area contributed by atoms with Gasteiger partial charge in [-0.05, 0) is 23.9 Å². The van der Waals surface area contributed by atoms with Gasteiger partial charge in [0.15, 0.2) is 5.96 Å². The van der Waals surface area contributed by atoms with Crippen LogP contribution in [-0.4, -0.2) is 29.9 Å². The second-order valence-electron chi connectivity index (χ2n) is 5.86. The standard InChI is InChI=1S/C19H22N4OS/c1-14-6-8-15(9-7-14)12-23(3)19(20-2)21-11-16-13-24-18(22-16)17-5-4-10-25-17/h4-10,13H,11-12H2,1-3H3,(H,20,21). The van der Waals surface area contributed by atoms with Gasteiger partial charge in [-0.15, -0.1) is 11.3 Å². The molecule has 130 valence electrons. The summed E-state index contributed by atoms with van der Waals surface area (Å²) in [6.07, 6.45) is 1.69. The van der Waals surface area contributed by atoms with Crippen molar-refractivity contribution in [3.8, 4) is 10.8 Å². The van der Waals surface area contributed by atoms with Gasteiger partial charge in [-0.2, -0.15) is 0 Å².